The second-order valence-electron chi connectivity index (χ2n) is 6.56. The van der Waals surface area contributed by atoms with Crippen molar-refractivity contribution < 1.29 is 9.63 Å². The fourth-order valence-corrected chi connectivity index (χ4v) is 3.20. The lowest BCUT2D eigenvalue weighted by molar-refractivity contribution is 0.218. The monoisotopic (exact) mass is 350 g/mol. The Morgan fingerprint density at radius 1 is 1.29 bits per heavy atom. The summed E-state index contributed by atoms with van der Waals surface area (Å²) < 4.78 is 6.16. The molecule has 4 nitrogen and oxygen atoms in total. The molecule has 1 saturated carbocycles. The van der Waals surface area contributed by atoms with Gasteiger partial charge in [0.05, 0.1) is 5.56 Å². The van der Waals surface area contributed by atoms with Crippen LogP contribution in [0.4, 0.5) is 0 Å². The standard InChI is InChI=1S/C16H19BrN2O2/c1-16(2)7-5-10(6-8-16)14-18-15(21-19-14)12-4-3-11(17)9-13(12)20/h3-4,9-10,20H,5-8H2,1-2H3. The number of phenols is 1. The number of rotatable bonds is 2. The zero-order valence-corrected chi connectivity index (χ0v) is 13.9. The lowest BCUT2D eigenvalue weighted by atomic mass is 9.73. The number of hydrogen-bond acceptors (Lipinski definition) is 4. The van der Waals surface area contributed by atoms with Crippen LogP contribution in [0.15, 0.2) is 27.2 Å². The van der Waals surface area contributed by atoms with Crippen molar-refractivity contribution in [1.29, 1.82) is 0 Å². The topological polar surface area (TPSA) is 59.2 Å². The molecule has 112 valence electrons. The molecule has 0 amide bonds. The largest absolute Gasteiger partial charge is 0.507 e. The molecule has 1 aromatic carbocycles. The molecule has 3 rings (SSSR count). The lowest BCUT2D eigenvalue weighted by Gasteiger charge is -2.32. The Labute approximate surface area is 132 Å². The molecular formula is C16H19BrN2O2. The average Bonchev–Trinajstić information content (AvgIpc) is 2.88. The Balaban J connectivity index is 1.81. The number of nitrogens with zero attached hydrogens (tertiary/aromatic N) is 2. The molecule has 0 saturated heterocycles. The molecule has 1 N–H and O–H groups in total. The van der Waals surface area contributed by atoms with Gasteiger partial charge in [-0.3, -0.25) is 0 Å². The van der Waals surface area contributed by atoms with E-state index in [1.807, 2.05) is 6.07 Å². The van der Waals surface area contributed by atoms with E-state index in [2.05, 4.69) is 39.9 Å². The maximum atomic E-state index is 9.98. The number of hydrogen-bond donors (Lipinski definition) is 1. The minimum atomic E-state index is 0.143. The van der Waals surface area contributed by atoms with Crippen LogP contribution in [0.3, 0.4) is 0 Å². The third kappa shape index (κ3) is 3.12. The van der Waals surface area contributed by atoms with E-state index in [1.165, 1.54) is 12.8 Å². The number of phenolic OH excluding ortho intramolecular Hbond substituents is 1. The van der Waals surface area contributed by atoms with Gasteiger partial charge in [-0.1, -0.05) is 34.9 Å². The van der Waals surface area contributed by atoms with Crippen LogP contribution in [0.1, 0.15) is 51.3 Å². The average molecular weight is 351 g/mol. The molecule has 0 unspecified atom stereocenters. The van der Waals surface area contributed by atoms with Crippen molar-refractivity contribution in [2.45, 2.75) is 45.4 Å². The normalized spacial score (nSPS) is 18.8. The molecule has 1 aliphatic rings. The maximum Gasteiger partial charge on any atom is 0.261 e. The van der Waals surface area contributed by atoms with E-state index in [9.17, 15) is 5.11 Å². The van der Waals surface area contributed by atoms with Crippen LogP contribution < -0.4 is 0 Å². The van der Waals surface area contributed by atoms with Crippen LogP contribution in [0.25, 0.3) is 11.5 Å². The summed E-state index contributed by atoms with van der Waals surface area (Å²) in [5, 5.41) is 14.1. The predicted molar refractivity (Wildman–Crippen MR) is 84.1 cm³/mol. The lowest BCUT2D eigenvalue weighted by Crippen LogP contribution is -2.20. The molecule has 0 bridgehead atoms. The second-order valence-corrected chi connectivity index (χ2v) is 7.47. The third-order valence-corrected chi connectivity index (χ3v) is 4.83. The fourth-order valence-electron chi connectivity index (χ4n) is 2.85. The summed E-state index contributed by atoms with van der Waals surface area (Å²) in [6.45, 7) is 4.62. The zero-order chi connectivity index (χ0) is 15.0. The van der Waals surface area contributed by atoms with Gasteiger partial charge in [0.2, 0.25) is 0 Å². The highest BCUT2D eigenvalue weighted by Gasteiger charge is 2.30. The van der Waals surface area contributed by atoms with Crippen LogP contribution >= 0.6 is 15.9 Å². The van der Waals surface area contributed by atoms with Gasteiger partial charge in [-0.05, 0) is 49.3 Å². The van der Waals surface area contributed by atoms with E-state index in [1.54, 1.807) is 12.1 Å². The van der Waals surface area contributed by atoms with Crippen molar-refractivity contribution in [3.8, 4) is 17.2 Å². The Morgan fingerprint density at radius 3 is 2.67 bits per heavy atom. The summed E-state index contributed by atoms with van der Waals surface area (Å²) in [4.78, 5) is 4.49. The van der Waals surface area contributed by atoms with Gasteiger partial charge in [0.1, 0.15) is 5.75 Å². The molecule has 1 aliphatic carbocycles. The molecule has 0 spiro atoms. The van der Waals surface area contributed by atoms with Crippen molar-refractivity contribution in [3.63, 3.8) is 0 Å². The molecule has 0 aliphatic heterocycles. The van der Waals surface area contributed by atoms with Gasteiger partial charge >= 0.3 is 0 Å². The van der Waals surface area contributed by atoms with E-state index in [-0.39, 0.29) is 5.75 Å². The summed E-state index contributed by atoms with van der Waals surface area (Å²) in [7, 11) is 0. The minimum Gasteiger partial charge on any atom is -0.507 e. The Hall–Kier alpha value is -1.36. The van der Waals surface area contributed by atoms with Gasteiger partial charge in [0.25, 0.3) is 5.89 Å². The maximum absolute atomic E-state index is 9.98. The number of aromatic hydroxyl groups is 1. The molecule has 21 heavy (non-hydrogen) atoms. The Morgan fingerprint density at radius 2 is 2.00 bits per heavy atom. The smallest absolute Gasteiger partial charge is 0.261 e. The first-order valence-corrected chi connectivity index (χ1v) is 8.06. The van der Waals surface area contributed by atoms with Crippen LogP contribution in [0.2, 0.25) is 0 Å². The molecular weight excluding hydrogens is 332 g/mol. The van der Waals surface area contributed by atoms with Gasteiger partial charge in [0.15, 0.2) is 5.82 Å². The summed E-state index contributed by atoms with van der Waals surface area (Å²) >= 11 is 3.32. The van der Waals surface area contributed by atoms with Crippen molar-refractivity contribution in [2.24, 2.45) is 5.41 Å². The summed E-state index contributed by atoms with van der Waals surface area (Å²) in [5.41, 5.74) is 1.00. The Kier molecular flexibility index (Phi) is 3.78. The quantitative estimate of drug-likeness (QED) is 0.837. The van der Waals surface area contributed by atoms with Gasteiger partial charge in [-0.25, -0.2) is 0 Å². The highest BCUT2D eigenvalue weighted by Crippen LogP contribution is 2.42. The minimum absolute atomic E-state index is 0.143. The van der Waals surface area contributed by atoms with Gasteiger partial charge in [-0.2, -0.15) is 4.98 Å². The Bertz CT molecular complexity index is 641. The molecule has 0 radical (unpaired) electrons. The van der Waals surface area contributed by atoms with Gasteiger partial charge in [0, 0.05) is 10.4 Å². The SMILES string of the molecule is CC1(C)CCC(c2noc(-c3ccc(Br)cc3O)n2)CC1. The van der Waals surface area contributed by atoms with Crippen molar-refractivity contribution >= 4 is 15.9 Å². The van der Waals surface area contributed by atoms with Crippen molar-refractivity contribution in [2.75, 3.05) is 0 Å². The number of aromatic nitrogens is 2. The van der Waals surface area contributed by atoms with Gasteiger partial charge < -0.3 is 9.63 Å². The first kappa shape index (κ1) is 14.6. The molecule has 1 fully saturated rings. The molecule has 5 heteroatoms. The molecule has 0 atom stereocenters. The highest BCUT2D eigenvalue weighted by atomic mass is 79.9. The summed E-state index contributed by atoms with van der Waals surface area (Å²) in [5.74, 6) is 1.67. The van der Waals surface area contributed by atoms with E-state index in [0.29, 0.717) is 22.8 Å². The first-order valence-electron chi connectivity index (χ1n) is 7.27. The van der Waals surface area contributed by atoms with E-state index >= 15 is 0 Å². The molecule has 2 aromatic rings. The number of halogens is 1. The van der Waals surface area contributed by atoms with Crippen LogP contribution in [-0.4, -0.2) is 15.2 Å². The van der Waals surface area contributed by atoms with Gasteiger partial charge in [-0.15, -0.1) is 0 Å². The van der Waals surface area contributed by atoms with Crippen molar-refractivity contribution in [1.82, 2.24) is 10.1 Å². The molecule has 1 aromatic heterocycles. The van der Waals surface area contributed by atoms with Crippen LogP contribution in [-0.2, 0) is 0 Å². The summed E-state index contributed by atoms with van der Waals surface area (Å²) in [6, 6.07) is 5.26. The summed E-state index contributed by atoms with van der Waals surface area (Å²) in [6.07, 6.45) is 4.56. The fraction of sp³-hybridized carbons (Fsp3) is 0.500. The highest BCUT2D eigenvalue weighted by molar-refractivity contribution is 9.10. The van der Waals surface area contributed by atoms with Crippen molar-refractivity contribution in [3.05, 3.63) is 28.5 Å². The first-order chi connectivity index (χ1) is 9.94. The van der Waals surface area contributed by atoms with Crippen LogP contribution in [0, 0.1) is 5.41 Å². The predicted octanol–water partition coefficient (Wildman–Crippen LogP) is 4.89. The number of benzene rings is 1. The zero-order valence-electron chi connectivity index (χ0n) is 12.3. The molecule has 1 heterocycles. The van der Waals surface area contributed by atoms with E-state index < -0.39 is 0 Å². The second kappa shape index (κ2) is 5.44. The van der Waals surface area contributed by atoms with Crippen LogP contribution in [0.5, 0.6) is 5.75 Å². The van der Waals surface area contributed by atoms with E-state index in [4.69, 9.17) is 4.52 Å². The third-order valence-electron chi connectivity index (χ3n) is 4.34. The van der Waals surface area contributed by atoms with E-state index in [0.717, 1.165) is 23.1 Å².